The third kappa shape index (κ3) is 4.42. The Morgan fingerprint density at radius 2 is 1.88 bits per heavy atom. The van der Waals surface area contributed by atoms with E-state index in [1.165, 1.54) is 10.2 Å². The maximum Gasteiger partial charge on any atom is 0.160 e. The first-order chi connectivity index (χ1) is 12.8. The summed E-state index contributed by atoms with van der Waals surface area (Å²) in [4.78, 5) is 5.66. The summed E-state index contributed by atoms with van der Waals surface area (Å²) in [6, 6.07) is 18.2. The zero-order valence-electron chi connectivity index (χ0n) is 15.6. The first-order valence-electron chi connectivity index (χ1n) is 9.24. The number of nitrogens with two attached hydrogens (primary N) is 1. The van der Waals surface area contributed by atoms with Gasteiger partial charge in [0.25, 0.3) is 0 Å². The number of nitrogen functional groups attached to an aromatic ring is 1. The van der Waals surface area contributed by atoms with E-state index in [0.717, 1.165) is 41.6 Å². The van der Waals surface area contributed by atoms with Crippen LogP contribution in [0.15, 0.2) is 65.7 Å². The molecule has 3 N–H and O–H groups in total. The molecule has 3 aromatic rings. The summed E-state index contributed by atoms with van der Waals surface area (Å²) in [5.41, 5.74) is 4.56. The Bertz CT molecular complexity index is 830. The molecule has 2 aromatic carbocycles. The van der Waals surface area contributed by atoms with Crippen molar-refractivity contribution in [2.45, 2.75) is 24.2 Å². The molecule has 0 saturated heterocycles. The van der Waals surface area contributed by atoms with E-state index >= 15 is 0 Å². The summed E-state index contributed by atoms with van der Waals surface area (Å²) in [5.74, 6) is 1.10. The SMILES string of the molecule is [2H]Nc1cnc2ccccc2c1N([2H])CCCCCSc1ccccc1. The number of rotatable bonds is 9. The van der Waals surface area contributed by atoms with Gasteiger partial charge in [-0.1, -0.05) is 42.8 Å². The Balaban J connectivity index is 1.52. The second-order valence-corrected chi connectivity index (χ2v) is 6.81. The Kier molecular flexibility index (Phi) is 5.07. The number of thioether (sulfide) groups is 1. The van der Waals surface area contributed by atoms with Crippen molar-refractivity contribution in [1.29, 1.82) is 0 Å². The Labute approximate surface area is 150 Å². The van der Waals surface area contributed by atoms with Crippen molar-refractivity contribution >= 4 is 34.0 Å². The standard InChI is InChI=1S/C20H23N3S/c21-18-15-23-19-12-6-5-11-17(19)20(18)22-13-7-2-8-14-24-16-9-3-1-4-10-16/h1,3-6,9-12,15H,2,7-8,13-14,21H2,(H,22,23)/i/hD2. The van der Waals surface area contributed by atoms with Gasteiger partial charge in [-0.2, -0.15) is 0 Å². The lowest BCUT2D eigenvalue weighted by Crippen LogP contribution is -2.05. The predicted molar refractivity (Wildman–Crippen MR) is 106 cm³/mol. The third-order valence-corrected chi connectivity index (χ3v) is 4.93. The van der Waals surface area contributed by atoms with Crippen molar-refractivity contribution < 1.29 is 2.82 Å². The van der Waals surface area contributed by atoms with Gasteiger partial charge in [0.1, 0.15) is 0 Å². The molecule has 3 rings (SSSR count). The van der Waals surface area contributed by atoms with Gasteiger partial charge >= 0.3 is 0 Å². The minimum atomic E-state index is 0.568. The number of para-hydroxylation sites is 1. The van der Waals surface area contributed by atoms with Gasteiger partial charge < -0.3 is 11.0 Å². The molecular weight excluding hydrogens is 314 g/mol. The number of nitrogens with zero attached hydrogens (tertiary/aromatic N) is 1. The number of fused-ring (bicyclic) bond motifs is 1. The number of nitrogens with one attached hydrogen (secondary N) is 1. The monoisotopic (exact) mass is 339 g/mol. The normalized spacial score (nSPS) is 11.8. The van der Waals surface area contributed by atoms with E-state index in [4.69, 9.17) is 2.82 Å². The highest BCUT2D eigenvalue weighted by molar-refractivity contribution is 7.99. The molecule has 0 saturated carbocycles. The number of unbranched alkanes of at least 4 members (excludes halogenated alkanes) is 2. The Hall–Kier alpha value is -2.20. The van der Waals surface area contributed by atoms with Gasteiger partial charge in [-0.15, -0.1) is 11.8 Å². The maximum atomic E-state index is 8.43. The number of pyridine rings is 1. The van der Waals surface area contributed by atoms with Crippen LogP contribution in [-0.4, -0.2) is 17.3 Å². The molecule has 0 radical (unpaired) electrons. The van der Waals surface area contributed by atoms with Gasteiger partial charge in [0.2, 0.25) is 0 Å². The second kappa shape index (κ2) is 8.60. The average molecular weight is 340 g/mol. The van der Waals surface area contributed by atoms with Crippen LogP contribution in [0.4, 0.5) is 11.4 Å². The first kappa shape index (κ1) is 14.2. The molecule has 0 aliphatic rings. The van der Waals surface area contributed by atoms with Crippen molar-refractivity contribution in [3.63, 3.8) is 0 Å². The van der Waals surface area contributed by atoms with Crippen molar-refractivity contribution in [3.05, 3.63) is 60.8 Å². The lowest BCUT2D eigenvalue weighted by Gasteiger charge is -2.12. The zero-order valence-corrected chi connectivity index (χ0v) is 14.4. The molecular formula is C20H23N3S. The topological polar surface area (TPSA) is 50.9 Å². The fraction of sp³-hybridized carbons (Fsp3) is 0.250. The molecule has 0 fully saturated rings. The quantitative estimate of drug-likeness (QED) is 0.416. The van der Waals surface area contributed by atoms with Gasteiger partial charge in [0.05, 0.1) is 23.1 Å². The predicted octanol–water partition coefficient (Wildman–Crippen LogP) is 5.19. The van der Waals surface area contributed by atoms with Crippen molar-refractivity contribution in [2.75, 3.05) is 23.3 Å². The molecule has 24 heavy (non-hydrogen) atoms. The minimum Gasteiger partial charge on any atom is -0.396 e. The number of anilines is 2. The van der Waals surface area contributed by atoms with Crippen LogP contribution in [0.1, 0.15) is 19.3 Å². The summed E-state index contributed by atoms with van der Waals surface area (Å²) >= 11 is 1.88. The van der Waals surface area contributed by atoms with E-state index in [2.05, 4.69) is 35.0 Å². The Morgan fingerprint density at radius 3 is 2.75 bits per heavy atom. The van der Waals surface area contributed by atoms with Gasteiger partial charge in [-0.05, 0) is 36.8 Å². The van der Waals surface area contributed by atoms with Crippen LogP contribution >= 0.6 is 11.8 Å². The first-order valence-corrected chi connectivity index (χ1v) is 9.28. The van der Waals surface area contributed by atoms with Crippen LogP contribution in [0.25, 0.3) is 10.9 Å². The molecule has 0 spiro atoms. The van der Waals surface area contributed by atoms with E-state index in [1.54, 1.807) is 6.20 Å². The Morgan fingerprint density at radius 1 is 1.04 bits per heavy atom. The van der Waals surface area contributed by atoms with Crippen LogP contribution in [0, 0.1) is 0 Å². The summed E-state index contributed by atoms with van der Waals surface area (Å²) in [6.45, 7) is 0.638. The van der Waals surface area contributed by atoms with Crippen LogP contribution < -0.4 is 11.0 Å². The maximum absolute atomic E-state index is 8.43. The molecule has 0 atom stereocenters. The summed E-state index contributed by atoms with van der Waals surface area (Å²) in [5, 5.41) is 2.39. The average Bonchev–Trinajstić information content (AvgIpc) is 2.70. The smallest absolute Gasteiger partial charge is 0.160 e. The largest absolute Gasteiger partial charge is 0.396 e. The van der Waals surface area contributed by atoms with Crippen LogP contribution in [0.3, 0.4) is 0 Å². The van der Waals surface area contributed by atoms with Gasteiger partial charge in [-0.3, -0.25) is 4.98 Å². The van der Waals surface area contributed by atoms with Crippen LogP contribution in [-0.2, 0) is 0 Å². The highest BCUT2D eigenvalue weighted by atomic mass is 32.2. The van der Waals surface area contributed by atoms with Crippen molar-refractivity contribution in [2.24, 2.45) is 0 Å². The summed E-state index contributed by atoms with van der Waals surface area (Å²) < 4.78 is 15.9. The zero-order chi connectivity index (χ0) is 18.2. The van der Waals surface area contributed by atoms with E-state index in [-0.39, 0.29) is 0 Å². The van der Waals surface area contributed by atoms with Crippen molar-refractivity contribution in [3.8, 4) is 0 Å². The fourth-order valence-corrected chi connectivity index (χ4v) is 3.52. The van der Waals surface area contributed by atoms with Crippen LogP contribution in [0.2, 0.25) is 2.82 Å². The fourth-order valence-electron chi connectivity index (χ4n) is 2.59. The molecule has 1 aromatic heterocycles. The molecule has 0 bridgehead atoms. The highest BCUT2D eigenvalue weighted by Gasteiger charge is 2.05. The van der Waals surface area contributed by atoms with Gasteiger partial charge in [0.15, 0.2) is 2.82 Å². The van der Waals surface area contributed by atoms with Gasteiger partial charge in [-0.25, -0.2) is 0 Å². The van der Waals surface area contributed by atoms with Gasteiger partial charge in [0, 0.05) is 16.8 Å². The lowest BCUT2D eigenvalue weighted by molar-refractivity contribution is 0.750. The molecule has 3 nitrogen and oxygen atoms in total. The number of hydrogen-bond donors (Lipinski definition) is 2. The summed E-state index contributed by atoms with van der Waals surface area (Å²) in [7, 11) is 0. The molecule has 0 aliphatic heterocycles. The number of hydrogen-bond acceptors (Lipinski definition) is 4. The molecule has 124 valence electrons. The summed E-state index contributed by atoms with van der Waals surface area (Å²) in [6.07, 6.45) is 4.80. The molecule has 0 amide bonds. The van der Waals surface area contributed by atoms with E-state index in [9.17, 15) is 0 Å². The molecule has 4 heteroatoms. The van der Waals surface area contributed by atoms with E-state index in [1.807, 2.05) is 42.1 Å². The number of aromatic nitrogens is 1. The van der Waals surface area contributed by atoms with E-state index in [0.29, 0.717) is 12.2 Å². The third-order valence-electron chi connectivity index (χ3n) is 3.83. The van der Waals surface area contributed by atoms with Crippen LogP contribution in [0.5, 0.6) is 0 Å². The minimum absolute atomic E-state index is 0.568. The molecule has 0 unspecified atom stereocenters. The van der Waals surface area contributed by atoms with E-state index < -0.39 is 0 Å². The molecule has 1 heterocycles. The second-order valence-electron chi connectivity index (χ2n) is 5.64. The lowest BCUT2D eigenvalue weighted by atomic mass is 10.1. The molecule has 0 aliphatic carbocycles. The highest BCUT2D eigenvalue weighted by Crippen LogP contribution is 2.27. The van der Waals surface area contributed by atoms with Crippen molar-refractivity contribution in [1.82, 2.24) is 4.98 Å². The number of benzene rings is 2.